The maximum absolute atomic E-state index is 13.0. The molecule has 1 aromatic heterocycles. The Labute approximate surface area is 156 Å². The number of furan rings is 1. The van der Waals surface area contributed by atoms with Crippen molar-refractivity contribution in [3.8, 4) is 0 Å². The van der Waals surface area contributed by atoms with E-state index >= 15 is 0 Å². The van der Waals surface area contributed by atoms with Gasteiger partial charge in [0, 0.05) is 6.04 Å². The second-order valence-electron chi connectivity index (χ2n) is 7.01. The van der Waals surface area contributed by atoms with Crippen molar-refractivity contribution in [1.29, 1.82) is 0 Å². The minimum Gasteiger partial charge on any atom is -0.467 e. The molecule has 0 aliphatic carbocycles. The third-order valence-corrected chi connectivity index (χ3v) is 4.97. The lowest BCUT2D eigenvalue weighted by molar-refractivity contribution is -0.138. The van der Waals surface area contributed by atoms with Crippen LogP contribution < -0.4 is 0 Å². The van der Waals surface area contributed by atoms with E-state index in [0.717, 1.165) is 38.1 Å². The van der Waals surface area contributed by atoms with Crippen molar-refractivity contribution >= 4 is 5.91 Å². The van der Waals surface area contributed by atoms with Crippen LogP contribution in [-0.2, 0) is 23.9 Å². The number of carbonyl (C=O) groups is 1. The third-order valence-electron chi connectivity index (χ3n) is 4.97. The lowest BCUT2D eigenvalue weighted by Crippen LogP contribution is -2.46. The Kier molecular flexibility index (Phi) is 5.89. The molecule has 0 radical (unpaired) electrons. The highest BCUT2D eigenvalue weighted by Gasteiger charge is 2.31. The number of rotatable bonds is 5. The number of benzene rings is 1. The molecule has 0 bridgehead atoms. The molecule has 2 aromatic rings. The lowest BCUT2D eigenvalue weighted by Gasteiger charge is -2.37. The van der Waals surface area contributed by atoms with Crippen LogP contribution in [0.5, 0.6) is 0 Å². The number of piperidine rings is 1. The average molecular weight is 380 g/mol. The number of halogens is 3. The van der Waals surface area contributed by atoms with Crippen molar-refractivity contribution in [3.63, 3.8) is 0 Å². The second-order valence-corrected chi connectivity index (χ2v) is 7.01. The van der Waals surface area contributed by atoms with E-state index in [2.05, 4.69) is 4.90 Å². The molecule has 1 fully saturated rings. The molecule has 1 aliphatic rings. The predicted molar refractivity (Wildman–Crippen MR) is 94.9 cm³/mol. The maximum Gasteiger partial charge on any atom is 0.416 e. The molecule has 4 nitrogen and oxygen atoms in total. The third kappa shape index (κ3) is 5.13. The molecule has 1 saturated heterocycles. The van der Waals surface area contributed by atoms with Crippen LogP contribution in [0.15, 0.2) is 47.1 Å². The molecule has 0 spiro atoms. The van der Waals surface area contributed by atoms with Crippen molar-refractivity contribution in [3.05, 3.63) is 59.5 Å². The normalized spacial score (nSPS) is 16.4. The van der Waals surface area contributed by atoms with Gasteiger partial charge in [0.1, 0.15) is 5.76 Å². The Morgan fingerprint density at radius 2 is 1.96 bits per heavy atom. The zero-order valence-electron chi connectivity index (χ0n) is 15.2. The van der Waals surface area contributed by atoms with Gasteiger partial charge in [-0.3, -0.25) is 4.79 Å². The van der Waals surface area contributed by atoms with Crippen LogP contribution in [0.25, 0.3) is 0 Å². The van der Waals surface area contributed by atoms with Crippen LogP contribution in [0.1, 0.15) is 29.7 Å². The van der Waals surface area contributed by atoms with Crippen LogP contribution in [0.3, 0.4) is 0 Å². The first kappa shape index (κ1) is 19.5. The molecule has 27 heavy (non-hydrogen) atoms. The van der Waals surface area contributed by atoms with Crippen molar-refractivity contribution in [2.45, 2.75) is 38.0 Å². The Hall–Kier alpha value is -2.28. The first-order valence-corrected chi connectivity index (χ1v) is 8.99. The summed E-state index contributed by atoms with van der Waals surface area (Å²) in [6.45, 7) is 2.10. The highest BCUT2D eigenvalue weighted by molar-refractivity contribution is 5.79. The van der Waals surface area contributed by atoms with Gasteiger partial charge in [-0.05, 0) is 56.7 Å². The number of amides is 1. The Balaban J connectivity index is 1.76. The smallest absolute Gasteiger partial charge is 0.416 e. The minimum absolute atomic E-state index is 0.0586. The molecule has 0 atom stereocenters. The largest absolute Gasteiger partial charge is 0.467 e. The number of alkyl halides is 3. The molecule has 1 amide bonds. The molecular formula is C20H23F3N2O2. The highest BCUT2D eigenvalue weighted by Crippen LogP contribution is 2.30. The minimum atomic E-state index is -4.42. The lowest BCUT2D eigenvalue weighted by atomic mass is 10.0. The number of hydrogen-bond acceptors (Lipinski definition) is 3. The molecule has 1 aliphatic heterocycles. The quantitative estimate of drug-likeness (QED) is 0.788. The Morgan fingerprint density at radius 1 is 1.22 bits per heavy atom. The SMILES string of the molecule is CN1CCC(N(Cc2ccco2)C(=O)Cc2cccc(C(F)(F)F)c2)CC1. The van der Waals surface area contributed by atoms with Gasteiger partial charge in [0.2, 0.25) is 5.91 Å². The summed E-state index contributed by atoms with van der Waals surface area (Å²) in [4.78, 5) is 16.9. The van der Waals surface area contributed by atoms with Crippen molar-refractivity contribution in [2.75, 3.05) is 20.1 Å². The average Bonchev–Trinajstić information content (AvgIpc) is 3.13. The van der Waals surface area contributed by atoms with E-state index in [9.17, 15) is 18.0 Å². The van der Waals surface area contributed by atoms with E-state index in [1.54, 1.807) is 29.4 Å². The molecule has 3 rings (SSSR count). The number of hydrogen-bond donors (Lipinski definition) is 0. The molecule has 2 heterocycles. The zero-order chi connectivity index (χ0) is 19.4. The van der Waals surface area contributed by atoms with Crippen LogP contribution in [0.4, 0.5) is 13.2 Å². The van der Waals surface area contributed by atoms with E-state index in [1.807, 2.05) is 7.05 Å². The summed E-state index contributed by atoms with van der Waals surface area (Å²) < 4.78 is 44.2. The second kappa shape index (κ2) is 8.17. The van der Waals surface area contributed by atoms with Crippen LogP contribution in [-0.4, -0.2) is 41.9 Å². The Bertz CT molecular complexity index is 751. The van der Waals surface area contributed by atoms with Gasteiger partial charge in [0.25, 0.3) is 0 Å². The van der Waals surface area contributed by atoms with E-state index in [1.165, 1.54) is 6.07 Å². The molecule has 0 saturated carbocycles. The summed E-state index contributed by atoms with van der Waals surface area (Å²) in [6.07, 6.45) is -1.24. The van der Waals surface area contributed by atoms with Gasteiger partial charge in [-0.25, -0.2) is 0 Å². The number of nitrogens with zero attached hydrogens (tertiary/aromatic N) is 2. The topological polar surface area (TPSA) is 36.7 Å². The molecule has 0 unspecified atom stereocenters. The van der Waals surface area contributed by atoms with Gasteiger partial charge in [-0.1, -0.05) is 18.2 Å². The van der Waals surface area contributed by atoms with Crippen LogP contribution in [0, 0.1) is 0 Å². The number of carbonyl (C=O) groups excluding carboxylic acids is 1. The van der Waals surface area contributed by atoms with Gasteiger partial charge in [-0.15, -0.1) is 0 Å². The van der Waals surface area contributed by atoms with Crippen molar-refractivity contribution < 1.29 is 22.4 Å². The summed E-state index contributed by atoms with van der Waals surface area (Å²) >= 11 is 0. The fourth-order valence-electron chi connectivity index (χ4n) is 3.43. The summed E-state index contributed by atoms with van der Waals surface area (Å²) in [7, 11) is 2.04. The molecule has 1 aromatic carbocycles. The van der Waals surface area contributed by atoms with Gasteiger partial charge in [0.05, 0.1) is 24.8 Å². The van der Waals surface area contributed by atoms with Gasteiger partial charge >= 0.3 is 6.18 Å². The molecular weight excluding hydrogens is 357 g/mol. The molecule has 7 heteroatoms. The fourth-order valence-corrected chi connectivity index (χ4v) is 3.43. The summed E-state index contributed by atoms with van der Waals surface area (Å²) in [6, 6.07) is 8.61. The summed E-state index contributed by atoms with van der Waals surface area (Å²) in [5.41, 5.74) is -0.364. The summed E-state index contributed by atoms with van der Waals surface area (Å²) in [5, 5.41) is 0. The van der Waals surface area contributed by atoms with Gasteiger partial charge in [-0.2, -0.15) is 13.2 Å². The van der Waals surface area contributed by atoms with E-state index in [0.29, 0.717) is 17.9 Å². The summed E-state index contributed by atoms with van der Waals surface area (Å²) in [5.74, 6) is 0.492. The highest BCUT2D eigenvalue weighted by atomic mass is 19.4. The predicted octanol–water partition coefficient (Wildman–Crippen LogP) is 3.96. The van der Waals surface area contributed by atoms with Crippen molar-refractivity contribution in [2.24, 2.45) is 0 Å². The molecule has 0 N–H and O–H groups in total. The first-order valence-electron chi connectivity index (χ1n) is 8.99. The number of likely N-dealkylation sites (tertiary alicyclic amines) is 1. The first-order chi connectivity index (χ1) is 12.8. The monoisotopic (exact) mass is 380 g/mol. The maximum atomic E-state index is 13.0. The Morgan fingerprint density at radius 3 is 2.59 bits per heavy atom. The van der Waals surface area contributed by atoms with Gasteiger partial charge < -0.3 is 14.2 Å². The fraction of sp³-hybridized carbons (Fsp3) is 0.450. The van der Waals surface area contributed by atoms with Crippen LogP contribution >= 0.6 is 0 Å². The zero-order valence-corrected chi connectivity index (χ0v) is 15.2. The van der Waals surface area contributed by atoms with E-state index in [-0.39, 0.29) is 18.4 Å². The van der Waals surface area contributed by atoms with E-state index < -0.39 is 11.7 Å². The van der Waals surface area contributed by atoms with E-state index in [4.69, 9.17) is 4.42 Å². The molecule has 146 valence electrons. The van der Waals surface area contributed by atoms with Crippen LogP contribution in [0.2, 0.25) is 0 Å². The standard InChI is InChI=1S/C20H23F3N2O2/c1-24-9-7-17(8-10-24)25(14-18-6-3-11-27-18)19(26)13-15-4-2-5-16(12-15)20(21,22)23/h2-6,11-12,17H,7-10,13-14H2,1H3. The van der Waals surface area contributed by atoms with Gasteiger partial charge in [0.15, 0.2) is 0 Å². The van der Waals surface area contributed by atoms with Crippen molar-refractivity contribution in [1.82, 2.24) is 9.80 Å².